The number of halogens is 1. The zero-order valence-electron chi connectivity index (χ0n) is 16.5. The predicted octanol–water partition coefficient (Wildman–Crippen LogP) is 4.00. The summed E-state index contributed by atoms with van der Waals surface area (Å²) in [5, 5.41) is 14.8. The molecule has 3 N–H and O–H groups in total. The molecule has 0 aliphatic carbocycles. The van der Waals surface area contributed by atoms with E-state index in [1.807, 2.05) is 6.92 Å². The standard InChI is InChI=1S/C21H26ClN5O2/c1-2-7-27-14-17(3-4-21(27)28)24-12-15(11-23)18-13-25-20(10-19(18)22)26-16-5-8-29-9-6-16/h3-4,10-14,16,23-24H,2,5-9H2,1H3,(H,25,26)/b15-12+,23-11?. The molecule has 0 saturated carbocycles. The van der Waals surface area contributed by atoms with Crippen molar-refractivity contribution in [2.24, 2.45) is 0 Å². The normalized spacial score (nSPS) is 15.2. The topological polar surface area (TPSA) is 92.0 Å². The fourth-order valence-electron chi connectivity index (χ4n) is 3.16. The highest BCUT2D eigenvalue weighted by molar-refractivity contribution is 6.34. The summed E-state index contributed by atoms with van der Waals surface area (Å²) < 4.78 is 7.03. The highest BCUT2D eigenvalue weighted by Crippen LogP contribution is 2.25. The van der Waals surface area contributed by atoms with Crippen LogP contribution in [0.1, 0.15) is 31.7 Å². The van der Waals surface area contributed by atoms with E-state index in [2.05, 4.69) is 15.6 Å². The number of allylic oxidation sites excluding steroid dienone is 1. The molecule has 7 nitrogen and oxygen atoms in total. The molecule has 0 unspecified atom stereocenters. The van der Waals surface area contributed by atoms with Gasteiger partial charge in [0, 0.05) is 67.8 Å². The summed E-state index contributed by atoms with van der Waals surface area (Å²) >= 11 is 6.47. The predicted molar refractivity (Wildman–Crippen MR) is 118 cm³/mol. The Morgan fingerprint density at radius 1 is 1.41 bits per heavy atom. The zero-order chi connectivity index (χ0) is 20.6. The minimum absolute atomic E-state index is 0.0338. The van der Waals surface area contributed by atoms with Crippen LogP contribution >= 0.6 is 11.6 Å². The Kier molecular flexibility index (Phi) is 7.43. The summed E-state index contributed by atoms with van der Waals surface area (Å²) in [6, 6.07) is 5.36. The molecule has 0 atom stereocenters. The molecule has 1 aliphatic heterocycles. The second kappa shape index (κ2) is 10.2. The lowest BCUT2D eigenvalue weighted by Crippen LogP contribution is -2.28. The van der Waals surface area contributed by atoms with Crippen molar-refractivity contribution in [2.75, 3.05) is 23.8 Å². The van der Waals surface area contributed by atoms with Gasteiger partial charge in [-0.2, -0.15) is 0 Å². The fourth-order valence-corrected chi connectivity index (χ4v) is 3.43. The van der Waals surface area contributed by atoms with Gasteiger partial charge in [-0.25, -0.2) is 4.98 Å². The van der Waals surface area contributed by atoms with Gasteiger partial charge in [0.2, 0.25) is 0 Å². The number of pyridine rings is 2. The lowest BCUT2D eigenvalue weighted by atomic mass is 10.1. The van der Waals surface area contributed by atoms with Crippen molar-refractivity contribution in [1.29, 1.82) is 5.41 Å². The van der Waals surface area contributed by atoms with Crippen LogP contribution in [0.15, 0.2) is 41.6 Å². The molecule has 1 saturated heterocycles. The minimum Gasteiger partial charge on any atom is -0.381 e. The quantitative estimate of drug-likeness (QED) is 0.567. The summed E-state index contributed by atoms with van der Waals surface area (Å²) in [5.74, 6) is 0.717. The van der Waals surface area contributed by atoms with Crippen LogP contribution in [0.2, 0.25) is 5.02 Å². The number of anilines is 2. The van der Waals surface area contributed by atoms with E-state index in [4.69, 9.17) is 21.7 Å². The van der Waals surface area contributed by atoms with Crippen molar-refractivity contribution >= 4 is 34.9 Å². The third-order valence-electron chi connectivity index (χ3n) is 4.74. The molecule has 8 heteroatoms. The van der Waals surface area contributed by atoms with Gasteiger partial charge in [-0.3, -0.25) is 4.79 Å². The van der Waals surface area contributed by atoms with Gasteiger partial charge in [-0.15, -0.1) is 0 Å². The molecule has 0 aromatic carbocycles. The SMILES string of the molecule is CCCn1cc(N/C=C(\C=N)c2cnc(NC3CCOCC3)cc2Cl)ccc1=O. The van der Waals surface area contributed by atoms with Gasteiger partial charge >= 0.3 is 0 Å². The van der Waals surface area contributed by atoms with Gasteiger partial charge in [-0.1, -0.05) is 18.5 Å². The number of hydrogen-bond donors (Lipinski definition) is 3. The molecule has 154 valence electrons. The third-order valence-corrected chi connectivity index (χ3v) is 5.05. The smallest absolute Gasteiger partial charge is 0.250 e. The highest BCUT2D eigenvalue weighted by Gasteiger charge is 2.15. The molecule has 0 spiro atoms. The molecular weight excluding hydrogens is 390 g/mol. The van der Waals surface area contributed by atoms with E-state index in [9.17, 15) is 4.79 Å². The Morgan fingerprint density at radius 3 is 2.90 bits per heavy atom. The van der Waals surface area contributed by atoms with Gasteiger partial charge in [0.05, 0.1) is 10.7 Å². The number of aromatic nitrogens is 2. The number of nitrogens with one attached hydrogen (secondary N) is 3. The van der Waals surface area contributed by atoms with Crippen molar-refractivity contribution < 1.29 is 4.74 Å². The van der Waals surface area contributed by atoms with Gasteiger partial charge < -0.3 is 25.3 Å². The van der Waals surface area contributed by atoms with Crippen LogP contribution in [0.3, 0.4) is 0 Å². The maximum Gasteiger partial charge on any atom is 0.250 e. The van der Waals surface area contributed by atoms with Crippen LogP contribution in [-0.4, -0.2) is 35.0 Å². The molecule has 0 radical (unpaired) electrons. The monoisotopic (exact) mass is 415 g/mol. The average molecular weight is 416 g/mol. The Hall–Kier alpha value is -2.64. The highest BCUT2D eigenvalue weighted by atomic mass is 35.5. The maximum absolute atomic E-state index is 11.8. The lowest BCUT2D eigenvalue weighted by molar-refractivity contribution is 0.0904. The van der Waals surface area contributed by atoms with E-state index < -0.39 is 0 Å². The van der Waals surface area contributed by atoms with Crippen LogP contribution in [0, 0.1) is 5.41 Å². The number of rotatable bonds is 8. The van der Waals surface area contributed by atoms with Gasteiger partial charge in [0.25, 0.3) is 5.56 Å². The molecule has 29 heavy (non-hydrogen) atoms. The van der Waals surface area contributed by atoms with Crippen molar-refractivity contribution in [2.45, 2.75) is 38.8 Å². The lowest BCUT2D eigenvalue weighted by Gasteiger charge is -2.23. The summed E-state index contributed by atoms with van der Waals surface area (Å²) in [4.78, 5) is 16.3. The van der Waals surface area contributed by atoms with Gasteiger partial charge in [0.15, 0.2) is 0 Å². The van der Waals surface area contributed by atoms with Crippen molar-refractivity contribution in [1.82, 2.24) is 9.55 Å². The molecular formula is C21H26ClN5O2. The summed E-state index contributed by atoms with van der Waals surface area (Å²) in [6.07, 6.45) is 9.11. The van der Waals surface area contributed by atoms with Gasteiger partial charge in [-0.05, 0) is 31.4 Å². The Balaban J connectivity index is 1.74. The first-order valence-corrected chi connectivity index (χ1v) is 10.2. The number of hydrogen-bond acceptors (Lipinski definition) is 6. The van der Waals surface area contributed by atoms with Crippen LogP contribution in [0.4, 0.5) is 11.5 Å². The number of nitrogens with zero attached hydrogens (tertiary/aromatic N) is 2. The van der Waals surface area contributed by atoms with Crippen LogP contribution < -0.4 is 16.2 Å². The minimum atomic E-state index is -0.0338. The Morgan fingerprint density at radius 2 is 2.21 bits per heavy atom. The molecule has 3 rings (SSSR count). The van der Waals surface area contributed by atoms with E-state index >= 15 is 0 Å². The maximum atomic E-state index is 11.8. The summed E-state index contributed by atoms with van der Waals surface area (Å²) in [7, 11) is 0. The first-order chi connectivity index (χ1) is 14.1. The summed E-state index contributed by atoms with van der Waals surface area (Å²) in [5.41, 5.74) is 1.98. The fraction of sp³-hybridized carbons (Fsp3) is 0.381. The first kappa shape index (κ1) is 21.1. The largest absolute Gasteiger partial charge is 0.381 e. The second-order valence-corrected chi connectivity index (χ2v) is 7.33. The van der Waals surface area contributed by atoms with E-state index in [-0.39, 0.29) is 5.56 Å². The molecule has 1 fully saturated rings. The number of ether oxygens (including phenoxy) is 1. The summed E-state index contributed by atoms with van der Waals surface area (Å²) in [6.45, 7) is 4.19. The van der Waals surface area contributed by atoms with E-state index in [1.54, 1.807) is 35.3 Å². The van der Waals surface area contributed by atoms with Crippen LogP contribution in [0.5, 0.6) is 0 Å². The van der Waals surface area contributed by atoms with Crippen molar-refractivity contribution in [3.8, 4) is 0 Å². The molecule has 2 aromatic heterocycles. The zero-order valence-corrected chi connectivity index (χ0v) is 17.2. The van der Waals surface area contributed by atoms with Crippen LogP contribution in [0.25, 0.3) is 5.57 Å². The van der Waals surface area contributed by atoms with Crippen molar-refractivity contribution in [3.63, 3.8) is 0 Å². The molecule has 3 heterocycles. The Labute approximate surface area is 175 Å². The van der Waals surface area contributed by atoms with Gasteiger partial charge in [0.1, 0.15) is 5.82 Å². The van der Waals surface area contributed by atoms with E-state index in [1.165, 1.54) is 12.3 Å². The van der Waals surface area contributed by atoms with E-state index in [0.29, 0.717) is 28.7 Å². The molecule has 1 aliphatic rings. The second-order valence-electron chi connectivity index (χ2n) is 6.92. The van der Waals surface area contributed by atoms with E-state index in [0.717, 1.165) is 44.0 Å². The molecule has 2 aromatic rings. The molecule has 0 bridgehead atoms. The van der Waals surface area contributed by atoms with Crippen molar-refractivity contribution in [3.05, 3.63) is 57.7 Å². The van der Waals surface area contributed by atoms with Crippen LogP contribution in [-0.2, 0) is 11.3 Å². The average Bonchev–Trinajstić information content (AvgIpc) is 2.73. The Bertz CT molecular complexity index is 935. The third kappa shape index (κ3) is 5.68. The number of aryl methyl sites for hydroxylation is 1. The first-order valence-electron chi connectivity index (χ1n) is 9.78. The molecule has 0 amide bonds.